The second-order valence-electron chi connectivity index (χ2n) is 8.89. The molecule has 0 aliphatic carbocycles. The highest BCUT2D eigenvalue weighted by Gasteiger charge is 2.35. The number of sulfonamides is 1. The summed E-state index contributed by atoms with van der Waals surface area (Å²) in [5, 5.41) is 1.19. The molecule has 0 radical (unpaired) electrons. The first-order valence-electron chi connectivity index (χ1n) is 11.2. The first kappa shape index (κ1) is 25.1. The third-order valence-electron chi connectivity index (χ3n) is 6.05. The molecule has 1 aliphatic rings. The Morgan fingerprint density at radius 1 is 1.12 bits per heavy atom. The second kappa shape index (κ2) is 10.3. The standard InChI is InChI=1S/C24H29ClN4O3S2/c1-17-4-9-21-22(16-17)33-24(26-21)29(15-14-27(2)3)23(30)18-10-12-28(13-11-18)34(31,32)20-7-5-19(25)6-8-20/h4-9,16,18H,10-15H2,1-3H3. The number of thiazole rings is 1. The maximum Gasteiger partial charge on any atom is 0.243 e. The number of hydrogen-bond acceptors (Lipinski definition) is 6. The van der Waals surface area contributed by atoms with Gasteiger partial charge in [0, 0.05) is 37.1 Å². The van der Waals surface area contributed by atoms with E-state index in [9.17, 15) is 13.2 Å². The molecule has 0 N–H and O–H groups in total. The average Bonchev–Trinajstić information content (AvgIpc) is 3.22. The topological polar surface area (TPSA) is 73.8 Å². The van der Waals surface area contributed by atoms with Gasteiger partial charge in [0.25, 0.3) is 0 Å². The lowest BCUT2D eigenvalue weighted by Gasteiger charge is -2.33. The van der Waals surface area contributed by atoms with Crippen molar-refractivity contribution in [2.45, 2.75) is 24.7 Å². The number of benzene rings is 2. The van der Waals surface area contributed by atoms with E-state index in [2.05, 4.69) is 6.07 Å². The monoisotopic (exact) mass is 520 g/mol. The molecule has 1 amide bonds. The van der Waals surface area contributed by atoms with Gasteiger partial charge < -0.3 is 4.90 Å². The van der Waals surface area contributed by atoms with Gasteiger partial charge in [-0.05, 0) is 75.8 Å². The molecule has 0 saturated carbocycles. The molecule has 0 atom stereocenters. The van der Waals surface area contributed by atoms with Crippen LogP contribution in [0.2, 0.25) is 5.02 Å². The first-order chi connectivity index (χ1) is 16.1. The van der Waals surface area contributed by atoms with Crippen molar-refractivity contribution in [1.29, 1.82) is 0 Å². The van der Waals surface area contributed by atoms with Crippen LogP contribution < -0.4 is 4.90 Å². The number of hydrogen-bond donors (Lipinski definition) is 0. The molecule has 1 saturated heterocycles. The maximum atomic E-state index is 13.6. The molecule has 0 spiro atoms. The van der Waals surface area contributed by atoms with Crippen LogP contribution in [-0.4, -0.2) is 68.8 Å². The first-order valence-corrected chi connectivity index (χ1v) is 13.9. The number of carbonyl (C=O) groups is 1. The second-order valence-corrected chi connectivity index (χ2v) is 12.3. The molecule has 0 bridgehead atoms. The van der Waals surface area contributed by atoms with Crippen LogP contribution in [0.4, 0.5) is 5.13 Å². The van der Waals surface area contributed by atoms with E-state index >= 15 is 0 Å². The highest BCUT2D eigenvalue weighted by Crippen LogP contribution is 2.32. The molecule has 2 heterocycles. The number of anilines is 1. The third kappa shape index (κ3) is 5.44. The van der Waals surface area contributed by atoms with Gasteiger partial charge >= 0.3 is 0 Å². The summed E-state index contributed by atoms with van der Waals surface area (Å²) in [6.45, 7) is 3.90. The highest BCUT2D eigenvalue weighted by atomic mass is 35.5. The zero-order chi connectivity index (χ0) is 24.5. The SMILES string of the molecule is Cc1ccc2nc(N(CCN(C)C)C(=O)C3CCN(S(=O)(=O)c4ccc(Cl)cc4)CC3)sc2c1. The lowest BCUT2D eigenvalue weighted by atomic mass is 9.96. The number of aryl methyl sites for hydroxylation is 1. The van der Waals surface area contributed by atoms with Crippen molar-refractivity contribution in [3.63, 3.8) is 0 Å². The van der Waals surface area contributed by atoms with Crippen molar-refractivity contribution in [2.75, 3.05) is 45.2 Å². The van der Waals surface area contributed by atoms with Crippen molar-refractivity contribution < 1.29 is 13.2 Å². The number of halogens is 1. The van der Waals surface area contributed by atoms with Crippen LogP contribution >= 0.6 is 22.9 Å². The van der Waals surface area contributed by atoms with Gasteiger partial charge in [0.15, 0.2) is 5.13 Å². The van der Waals surface area contributed by atoms with Crippen molar-refractivity contribution in [1.82, 2.24) is 14.2 Å². The van der Waals surface area contributed by atoms with Gasteiger partial charge in [0.05, 0.1) is 15.1 Å². The van der Waals surface area contributed by atoms with E-state index in [0.29, 0.717) is 49.2 Å². The molecule has 1 aromatic heterocycles. The fraction of sp³-hybridized carbons (Fsp3) is 0.417. The van der Waals surface area contributed by atoms with Crippen LogP contribution in [0.3, 0.4) is 0 Å². The van der Waals surface area contributed by atoms with Crippen LogP contribution in [0.15, 0.2) is 47.4 Å². The molecule has 34 heavy (non-hydrogen) atoms. The Morgan fingerprint density at radius 3 is 2.44 bits per heavy atom. The highest BCUT2D eigenvalue weighted by molar-refractivity contribution is 7.89. The summed E-state index contributed by atoms with van der Waals surface area (Å²) in [5.74, 6) is -0.228. The smallest absolute Gasteiger partial charge is 0.243 e. The van der Waals surface area contributed by atoms with Gasteiger partial charge in [0.2, 0.25) is 15.9 Å². The number of likely N-dealkylation sites (N-methyl/N-ethyl adjacent to an activating group) is 1. The third-order valence-corrected chi connectivity index (χ3v) is 9.26. The summed E-state index contributed by atoms with van der Waals surface area (Å²) in [7, 11) is 0.343. The van der Waals surface area contributed by atoms with Crippen LogP contribution in [0.1, 0.15) is 18.4 Å². The Kier molecular flexibility index (Phi) is 7.59. The predicted molar refractivity (Wildman–Crippen MR) is 138 cm³/mol. The minimum Gasteiger partial charge on any atom is -0.308 e. The van der Waals surface area contributed by atoms with E-state index in [1.165, 1.54) is 27.8 Å². The quantitative estimate of drug-likeness (QED) is 0.465. The van der Waals surface area contributed by atoms with Gasteiger partial charge in [-0.1, -0.05) is 29.0 Å². The molecule has 7 nitrogen and oxygen atoms in total. The Balaban J connectivity index is 1.50. The van der Waals surface area contributed by atoms with Gasteiger partial charge in [-0.25, -0.2) is 13.4 Å². The Morgan fingerprint density at radius 2 is 1.79 bits per heavy atom. The molecule has 0 unspecified atom stereocenters. The molecule has 3 aromatic rings. The fourth-order valence-corrected chi connectivity index (χ4v) is 6.75. The largest absolute Gasteiger partial charge is 0.308 e. The average molecular weight is 521 g/mol. The van der Waals surface area contributed by atoms with Crippen LogP contribution in [-0.2, 0) is 14.8 Å². The van der Waals surface area contributed by atoms with Crippen molar-refractivity contribution in [3.8, 4) is 0 Å². The minimum atomic E-state index is -3.61. The fourth-order valence-electron chi connectivity index (χ4n) is 4.05. The minimum absolute atomic E-state index is 0.0150. The molecule has 4 rings (SSSR count). The summed E-state index contributed by atoms with van der Waals surface area (Å²) >= 11 is 7.43. The van der Waals surface area contributed by atoms with E-state index in [-0.39, 0.29) is 16.7 Å². The predicted octanol–water partition coefficient (Wildman–Crippen LogP) is 4.25. The van der Waals surface area contributed by atoms with Crippen LogP contribution in [0.5, 0.6) is 0 Å². The number of carbonyl (C=O) groups excluding carboxylic acids is 1. The maximum absolute atomic E-state index is 13.6. The normalized spacial score (nSPS) is 15.8. The van der Waals surface area contributed by atoms with E-state index < -0.39 is 10.0 Å². The summed E-state index contributed by atoms with van der Waals surface area (Å²) in [6, 6.07) is 12.3. The van der Waals surface area contributed by atoms with Crippen LogP contribution in [0, 0.1) is 12.8 Å². The zero-order valence-electron chi connectivity index (χ0n) is 19.6. The molecule has 2 aromatic carbocycles. The molecule has 10 heteroatoms. The van der Waals surface area contributed by atoms with Gasteiger partial charge in [-0.3, -0.25) is 9.69 Å². The Hall–Kier alpha value is -2.04. The Bertz CT molecular complexity index is 1270. The molecular weight excluding hydrogens is 492 g/mol. The van der Waals surface area contributed by atoms with Crippen molar-refractivity contribution >= 4 is 54.2 Å². The number of rotatable bonds is 7. The number of amides is 1. The Labute approximate surface area is 210 Å². The lowest BCUT2D eigenvalue weighted by molar-refractivity contribution is -0.123. The lowest BCUT2D eigenvalue weighted by Crippen LogP contribution is -2.46. The van der Waals surface area contributed by atoms with Gasteiger partial charge in [0.1, 0.15) is 0 Å². The molecule has 1 fully saturated rings. The van der Waals surface area contributed by atoms with E-state index in [0.717, 1.165) is 15.8 Å². The number of nitrogens with zero attached hydrogens (tertiary/aromatic N) is 4. The van der Waals surface area contributed by atoms with E-state index in [4.69, 9.17) is 16.6 Å². The molecule has 182 valence electrons. The summed E-state index contributed by atoms with van der Waals surface area (Å²) in [6.07, 6.45) is 0.961. The zero-order valence-corrected chi connectivity index (χ0v) is 22.0. The van der Waals surface area contributed by atoms with E-state index in [1.807, 2.05) is 38.1 Å². The van der Waals surface area contributed by atoms with Crippen molar-refractivity contribution in [3.05, 3.63) is 53.1 Å². The van der Waals surface area contributed by atoms with Gasteiger partial charge in [-0.15, -0.1) is 0 Å². The summed E-state index contributed by atoms with van der Waals surface area (Å²) < 4.78 is 28.5. The number of aromatic nitrogens is 1. The molecular formula is C24H29ClN4O3S2. The number of fused-ring (bicyclic) bond motifs is 1. The van der Waals surface area contributed by atoms with Gasteiger partial charge in [-0.2, -0.15) is 4.31 Å². The summed E-state index contributed by atoms with van der Waals surface area (Å²) in [4.78, 5) is 22.4. The molecule has 1 aliphatic heterocycles. The number of piperidine rings is 1. The van der Waals surface area contributed by atoms with E-state index in [1.54, 1.807) is 17.0 Å². The summed E-state index contributed by atoms with van der Waals surface area (Å²) in [5.41, 5.74) is 2.04. The van der Waals surface area contributed by atoms with Crippen molar-refractivity contribution in [2.24, 2.45) is 5.92 Å². The van der Waals surface area contributed by atoms with Crippen LogP contribution in [0.25, 0.3) is 10.2 Å².